The number of carbonyl (C=O) groups excluding carboxylic acids is 1. The van der Waals surface area contributed by atoms with Crippen molar-refractivity contribution in [1.82, 2.24) is 19.4 Å². The second kappa shape index (κ2) is 7.15. The second-order valence-electron chi connectivity index (χ2n) is 6.80. The molecule has 0 saturated carbocycles. The van der Waals surface area contributed by atoms with E-state index in [1.54, 1.807) is 16.8 Å². The summed E-state index contributed by atoms with van der Waals surface area (Å²) in [6, 6.07) is 13.9. The van der Waals surface area contributed by atoms with Crippen LogP contribution in [0.3, 0.4) is 0 Å². The predicted octanol–water partition coefficient (Wildman–Crippen LogP) is 2.52. The summed E-state index contributed by atoms with van der Waals surface area (Å²) < 4.78 is 1.70. The minimum Gasteiger partial charge on any atom is -0.341 e. The van der Waals surface area contributed by atoms with Crippen molar-refractivity contribution >= 4 is 17.1 Å². The summed E-state index contributed by atoms with van der Waals surface area (Å²) in [5.41, 5.74) is 2.52. The van der Waals surface area contributed by atoms with Gasteiger partial charge in [-0.25, -0.2) is 9.78 Å². The first kappa shape index (κ1) is 16.6. The maximum Gasteiger partial charge on any atom is 0.327 e. The summed E-state index contributed by atoms with van der Waals surface area (Å²) >= 11 is 0. The standard InChI is InChI=1S/C20H22N4O2/c25-18(10-4-8-15-6-2-1-3-7-15)23-13-11-16(14-23)24-19-17(22-20(24)26)9-5-12-21-19/h1-3,5-7,9,12,16H,4,8,10-11,13-14H2,(H,22,26)/t16-/m1/s1. The molecule has 1 aliphatic heterocycles. The summed E-state index contributed by atoms with van der Waals surface area (Å²) in [7, 11) is 0. The minimum absolute atomic E-state index is 0.00998. The molecule has 1 fully saturated rings. The molecule has 6 heteroatoms. The summed E-state index contributed by atoms with van der Waals surface area (Å²) in [4.78, 5) is 33.9. The largest absolute Gasteiger partial charge is 0.341 e. The molecule has 0 bridgehead atoms. The van der Waals surface area contributed by atoms with Crippen LogP contribution in [-0.2, 0) is 11.2 Å². The molecule has 0 unspecified atom stereocenters. The number of amides is 1. The van der Waals surface area contributed by atoms with E-state index in [2.05, 4.69) is 22.1 Å². The zero-order chi connectivity index (χ0) is 17.9. The van der Waals surface area contributed by atoms with Gasteiger partial charge in [0.1, 0.15) is 0 Å². The van der Waals surface area contributed by atoms with E-state index < -0.39 is 0 Å². The van der Waals surface area contributed by atoms with Gasteiger partial charge in [0.2, 0.25) is 5.91 Å². The lowest BCUT2D eigenvalue weighted by Gasteiger charge is -2.17. The first-order valence-electron chi connectivity index (χ1n) is 9.09. The Bertz CT molecular complexity index is 961. The first-order valence-corrected chi connectivity index (χ1v) is 9.09. The molecule has 3 aromatic rings. The van der Waals surface area contributed by atoms with Crippen LogP contribution in [-0.4, -0.2) is 38.4 Å². The molecular formula is C20H22N4O2. The SMILES string of the molecule is O=C(CCCc1ccccc1)N1CC[C@@H](n2c(=O)[nH]c3cccnc32)C1. The van der Waals surface area contributed by atoms with Crippen LogP contribution < -0.4 is 5.69 Å². The van der Waals surface area contributed by atoms with E-state index in [4.69, 9.17) is 0 Å². The van der Waals surface area contributed by atoms with Gasteiger partial charge < -0.3 is 9.88 Å². The molecule has 1 N–H and O–H groups in total. The smallest absolute Gasteiger partial charge is 0.327 e. The predicted molar refractivity (Wildman–Crippen MR) is 100.0 cm³/mol. The van der Waals surface area contributed by atoms with Crippen molar-refractivity contribution in [2.45, 2.75) is 31.7 Å². The van der Waals surface area contributed by atoms with Gasteiger partial charge in [0, 0.05) is 25.7 Å². The van der Waals surface area contributed by atoms with Crippen LogP contribution in [0.5, 0.6) is 0 Å². The molecule has 0 aliphatic carbocycles. The van der Waals surface area contributed by atoms with Crippen molar-refractivity contribution < 1.29 is 4.79 Å². The molecule has 134 valence electrons. The van der Waals surface area contributed by atoms with E-state index in [9.17, 15) is 9.59 Å². The topological polar surface area (TPSA) is 71.0 Å². The van der Waals surface area contributed by atoms with Crippen LogP contribution in [0.15, 0.2) is 53.5 Å². The van der Waals surface area contributed by atoms with E-state index in [0.29, 0.717) is 25.2 Å². The Labute approximate surface area is 151 Å². The highest BCUT2D eigenvalue weighted by molar-refractivity contribution is 5.76. The molecule has 1 aliphatic rings. The molecule has 26 heavy (non-hydrogen) atoms. The minimum atomic E-state index is -0.151. The number of nitrogens with zero attached hydrogens (tertiary/aromatic N) is 3. The number of nitrogens with one attached hydrogen (secondary N) is 1. The average molecular weight is 350 g/mol. The summed E-state index contributed by atoms with van der Waals surface area (Å²) in [5.74, 6) is 0.171. The highest BCUT2D eigenvalue weighted by Gasteiger charge is 2.29. The van der Waals surface area contributed by atoms with Crippen LogP contribution in [0.1, 0.15) is 30.9 Å². The average Bonchev–Trinajstić information content (AvgIpc) is 3.26. The van der Waals surface area contributed by atoms with Gasteiger partial charge in [-0.15, -0.1) is 0 Å². The number of carbonyl (C=O) groups is 1. The lowest BCUT2D eigenvalue weighted by atomic mass is 10.1. The Balaban J connectivity index is 1.38. The van der Waals surface area contributed by atoms with Crippen molar-refractivity contribution in [2.24, 2.45) is 0 Å². The van der Waals surface area contributed by atoms with E-state index in [1.165, 1.54) is 5.56 Å². The summed E-state index contributed by atoms with van der Waals surface area (Å²) in [6.07, 6.45) is 4.78. The van der Waals surface area contributed by atoms with Gasteiger partial charge >= 0.3 is 5.69 Å². The van der Waals surface area contributed by atoms with Gasteiger partial charge in [-0.1, -0.05) is 30.3 Å². The van der Waals surface area contributed by atoms with Crippen molar-refractivity contribution in [2.75, 3.05) is 13.1 Å². The van der Waals surface area contributed by atoms with Gasteiger partial charge in [0.05, 0.1) is 11.6 Å². The number of hydrogen-bond donors (Lipinski definition) is 1. The highest BCUT2D eigenvalue weighted by Crippen LogP contribution is 2.24. The number of aromatic nitrogens is 3. The van der Waals surface area contributed by atoms with E-state index >= 15 is 0 Å². The van der Waals surface area contributed by atoms with Gasteiger partial charge in [-0.05, 0) is 37.0 Å². The van der Waals surface area contributed by atoms with Crippen molar-refractivity contribution in [3.8, 4) is 0 Å². The number of likely N-dealkylation sites (tertiary alicyclic amines) is 1. The van der Waals surface area contributed by atoms with Crippen LogP contribution in [0, 0.1) is 0 Å². The monoisotopic (exact) mass is 350 g/mol. The van der Waals surface area contributed by atoms with E-state index in [-0.39, 0.29) is 17.6 Å². The quantitative estimate of drug-likeness (QED) is 0.769. The van der Waals surface area contributed by atoms with Crippen LogP contribution >= 0.6 is 0 Å². The second-order valence-corrected chi connectivity index (χ2v) is 6.80. The third kappa shape index (κ3) is 3.27. The Hall–Kier alpha value is -2.89. The lowest BCUT2D eigenvalue weighted by molar-refractivity contribution is -0.130. The van der Waals surface area contributed by atoms with E-state index in [0.717, 1.165) is 24.8 Å². The molecule has 1 atom stereocenters. The zero-order valence-corrected chi connectivity index (χ0v) is 14.6. The number of aromatic amines is 1. The van der Waals surface area contributed by atoms with E-state index in [1.807, 2.05) is 29.2 Å². The summed E-state index contributed by atoms with van der Waals surface area (Å²) in [6.45, 7) is 1.27. The Morgan fingerprint density at radius 2 is 2.04 bits per heavy atom. The number of hydrogen-bond acceptors (Lipinski definition) is 3. The molecule has 3 heterocycles. The van der Waals surface area contributed by atoms with Crippen LogP contribution in [0.2, 0.25) is 0 Å². The normalized spacial score (nSPS) is 17.1. The number of benzene rings is 1. The molecule has 0 spiro atoms. The number of aryl methyl sites for hydroxylation is 1. The van der Waals surface area contributed by atoms with Gasteiger partial charge in [-0.3, -0.25) is 9.36 Å². The number of rotatable bonds is 5. The Morgan fingerprint density at radius 3 is 2.88 bits per heavy atom. The molecular weight excluding hydrogens is 328 g/mol. The third-order valence-corrected chi connectivity index (χ3v) is 5.06. The maximum absolute atomic E-state index is 12.5. The fraction of sp³-hybridized carbons (Fsp3) is 0.350. The van der Waals surface area contributed by atoms with Gasteiger partial charge in [0.15, 0.2) is 5.65 Å². The third-order valence-electron chi connectivity index (χ3n) is 5.06. The molecule has 4 rings (SSSR count). The highest BCUT2D eigenvalue weighted by atomic mass is 16.2. The van der Waals surface area contributed by atoms with Gasteiger partial charge in [-0.2, -0.15) is 0 Å². The number of imidazole rings is 1. The first-order chi connectivity index (χ1) is 12.7. The lowest BCUT2D eigenvalue weighted by Crippen LogP contribution is -2.30. The molecule has 1 amide bonds. The molecule has 6 nitrogen and oxygen atoms in total. The van der Waals surface area contributed by atoms with Gasteiger partial charge in [0.25, 0.3) is 0 Å². The molecule has 0 radical (unpaired) electrons. The molecule has 1 aromatic carbocycles. The maximum atomic E-state index is 12.5. The summed E-state index contributed by atoms with van der Waals surface area (Å²) in [5, 5.41) is 0. The zero-order valence-electron chi connectivity index (χ0n) is 14.6. The van der Waals surface area contributed by atoms with Crippen molar-refractivity contribution in [3.05, 3.63) is 64.7 Å². The fourth-order valence-corrected chi connectivity index (χ4v) is 3.72. The number of fused-ring (bicyclic) bond motifs is 1. The van der Waals surface area contributed by atoms with Crippen molar-refractivity contribution in [3.63, 3.8) is 0 Å². The fourth-order valence-electron chi connectivity index (χ4n) is 3.72. The number of pyridine rings is 1. The Kier molecular flexibility index (Phi) is 4.56. The molecule has 2 aromatic heterocycles. The molecule has 1 saturated heterocycles. The Morgan fingerprint density at radius 1 is 1.19 bits per heavy atom. The van der Waals surface area contributed by atoms with Crippen molar-refractivity contribution in [1.29, 1.82) is 0 Å². The van der Waals surface area contributed by atoms with Crippen LogP contribution in [0.25, 0.3) is 11.2 Å². The number of H-pyrrole nitrogens is 1. The van der Waals surface area contributed by atoms with Crippen LogP contribution in [0.4, 0.5) is 0 Å².